The Labute approximate surface area is 134 Å². The second-order valence-corrected chi connectivity index (χ2v) is 5.27. The number of anilines is 1. The molecular weight excluding hydrogens is 298 g/mol. The van der Waals surface area contributed by atoms with Crippen molar-refractivity contribution in [3.63, 3.8) is 0 Å². The van der Waals surface area contributed by atoms with E-state index in [1.54, 1.807) is 54.5 Å². The Morgan fingerprint density at radius 2 is 1.83 bits per heavy atom. The molecule has 0 aliphatic carbocycles. The molecule has 2 heterocycles. The van der Waals surface area contributed by atoms with Gasteiger partial charge in [-0.05, 0) is 6.42 Å². The number of hydrogen-bond acceptors (Lipinski definition) is 5. The van der Waals surface area contributed by atoms with E-state index in [4.69, 9.17) is 9.47 Å². The number of hydrogen-bond donors (Lipinski definition) is 1. The summed E-state index contributed by atoms with van der Waals surface area (Å²) in [6.45, 7) is 1.25. The second kappa shape index (κ2) is 6.55. The number of likely N-dealkylation sites (tertiary alicyclic amines) is 1. The van der Waals surface area contributed by atoms with Crippen LogP contribution < -0.4 is 14.8 Å². The van der Waals surface area contributed by atoms with E-state index in [1.165, 1.54) is 0 Å². The number of aromatic nitrogens is 3. The highest BCUT2D eigenvalue weighted by molar-refractivity contribution is 5.90. The molecule has 1 unspecified atom stereocenters. The van der Waals surface area contributed by atoms with Crippen molar-refractivity contribution in [2.24, 2.45) is 0 Å². The number of ether oxygens (including phenoxy) is 2. The van der Waals surface area contributed by atoms with E-state index in [2.05, 4.69) is 15.5 Å². The first-order chi connectivity index (χ1) is 11.2. The van der Waals surface area contributed by atoms with Crippen LogP contribution in [0, 0.1) is 0 Å². The highest BCUT2D eigenvalue weighted by Gasteiger charge is 2.28. The first-order valence-corrected chi connectivity index (χ1v) is 7.34. The fourth-order valence-electron chi connectivity index (χ4n) is 2.61. The zero-order valence-electron chi connectivity index (χ0n) is 13.1. The van der Waals surface area contributed by atoms with Crippen LogP contribution in [-0.4, -0.2) is 53.2 Å². The third kappa shape index (κ3) is 3.36. The van der Waals surface area contributed by atoms with Crippen LogP contribution in [0.4, 0.5) is 10.5 Å². The maximum absolute atomic E-state index is 12.4. The van der Waals surface area contributed by atoms with Gasteiger partial charge in [0.05, 0.1) is 32.7 Å². The molecule has 0 spiro atoms. The number of nitrogens with one attached hydrogen (secondary N) is 1. The second-order valence-electron chi connectivity index (χ2n) is 5.27. The standard InChI is InChI=1S/C15H19N5O3/c1-22-13-7-11(8-14(9-13)23-2)18-15(21)19-6-3-12(10-19)20-16-4-5-17-20/h4-5,7-9,12H,3,6,10H2,1-2H3,(H,18,21). The van der Waals surface area contributed by atoms with Gasteiger partial charge in [0, 0.05) is 37.0 Å². The van der Waals surface area contributed by atoms with Gasteiger partial charge in [-0.25, -0.2) is 4.79 Å². The molecule has 8 nitrogen and oxygen atoms in total. The summed E-state index contributed by atoms with van der Waals surface area (Å²) in [5.74, 6) is 1.25. The number of nitrogens with zero attached hydrogens (tertiary/aromatic N) is 4. The Balaban J connectivity index is 1.65. The minimum atomic E-state index is -0.157. The normalized spacial score (nSPS) is 17.1. The average Bonchev–Trinajstić information content (AvgIpc) is 3.25. The van der Waals surface area contributed by atoms with Gasteiger partial charge in [0.1, 0.15) is 11.5 Å². The molecule has 1 aromatic carbocycles. The molecule has 8 heteroatoms. The lowest BCUT2D eigenvalue weighted by molar-refractivity contribution is 0.220. The molecule has 1 aliphatic heterocycles. The third-order valence-electron chi connectivity index (χ3n) is 3.82. The zero-order chi connectivity index (χ0) is 16.2. The van der Waals surface area contributed by atoms with Crippen LogP contribution in [-0.2, 0) is 0 Å². The van der Waals surface area contributed by atoms with Crippen molar-refractivity contribution in [3.05, 3.63) is 30.6 Å². The van der Waals surface area contributed by atoms with Gasteiger partial charge in [0.25, 0.3) is 0 Å². The Morgan fingerprint density at radius 3 is 2.43 bits per heavy atom. The van der Waals surface area contributed by atoms with Gasteiger partial charge in [0.15, 0.2) is 0 Å². The number of rotatable bonds is 4. The molecule has 0 saturated carbocycles. The average molecular weight is 317 g/mol. The van der Waals surface area contributed by atoms with Gasteiger partial charge < -0.3 is 19.7 Å². The molecule has 2 amide bonds. The molecule has 1 aromatic heterocycles. The predicted octanol–water partition coefficient (Wildman–Crippen LogP) is 1.77. The van der Waals surface area contributed by atoms with Crippen molar-refractivity contribution >= 4 is 11.7 Å². The van der Waals surface area contributed by atoms with Crippen molar-refractivity contribution in [3.8, 4) is 11.5 Å². The van der Waals surface area contributed by atoms with Gasteiger partial charge in [-0.1, -0.05) is 0 Å². The minimum Gasteiger partial charge on any atom is -0.497 e. The van der Waals surface area contributed by atoms with Crippen LogP contribution in [0.3, 0.4) is 0 Å². The summed E-state index contributed by atoms with van der Waals surface area (Å²) >= 11 is 0. The van der Waals surface area contributed by atoms with Crippen LogP contribution in [0.15, 0.2) is 30.6 Å². The fourth-order valence-corrected chi connectivity index (χ4v) is 2.61. The van der Waals surface area contributed by atoms with Crippen molar-refractivity contribution in [1.29, 1.82) is 0 Å². The lowest BCUT2D eigenvalue weighted by Gasteiger charge is -2.18. The summed E-state index contributed by atoms with van der Waals surface area (Å²) in [4.78, 5) is 15.8. The quantitative estimate of drug-likeness (QED) is 0.929. The first kappa shape index (κ1) is 15.1. The topological polar surface area (TPSA) is 81.5 Å². The Hall–Kier alpha value is -2.77. The predicted molar refractivity (Wildman–Crippen MR) is 83.8 cm³/mol. The molecule has 0 bridgehead atoms. The smallest absolute Gasteiger partial charge is 0.321 e. The summed E-state index contributed by atoms with van der Waals surface area (Å²) < 4.78 is 10.4. The van der Waals surface area contributed by atoms with Gasteiger partial charge in [-0.3, -0.25) is 0 Å². The van der Waals surface area contributed by atoms with E-state index in [1.807, 2.05) is 0 Å². The van der Waals surface area contributed by atoms with Gasteiger partial charge in [-0.15, -0.1) is 0 Å². The highest BCUT2D eigenvalue weighted by atomic mass is 16.5. The molecule has 1 atom stereocenters. The van der Waals surface area contributed by atoms with Crippen LogP contribution in [0.1, 0.15) is 12.5 Å². The van der Waals surface area contributed by atoms with Crippen LogP contribution in [0.2, 0.25) is 0 Å². The van der Waals surface area contributed by atoms with Gasteiger partial charge in [-0.2, -0.15) is 15.0 Å². The maximum Gasteiger partial charge on any atom is 0.321 e. The summed E-state index contributed by atoms with van der Waals surface area (Å²) in [6, 6.07) is 5.22. The largest absolute Gasteiger partial charge is 0.497 e. The minimum absolute atomic E-state index is 0.121. The summed E-state index contributed by atoms with van der Waals surface area (Å²) in [5.41, 5.74) is 0.631. The number of amides is 2. The van der Waals surface area contributed by atoms with E-state index in [0.29, 0.717) is 30.3 Å². The molecule has 1 aliphatic rings. The molecule has 3 rings (SSSR count). The van der Waals surface area contributed by atoms with Crippen LogP contribution >= 0.6 is 0 Å². The summed E-state index contributed by atoms with van der Waals surface area (Å²) in [7, 11) is 3.14. The molecule has 23 heavy (non-hydrogen) atoms. The zero-order valence-corrected chi connectivity index (χ0v) is 13.1. The number of urea groups is 1. The molecule has 2 aromatic rings. The Morgan fingerprint density at radius 1 is 1.17 bits per heavy atom. The van der Waals surface area contributed by atoms with Crippen molar-refractivity contribution in [2.45, 2.75) is 12.5 Å². The number of benzene rings is 1. The lowest BCUT2D eigenvalue weighted by Crippen LogP contribution is -2.33. The SMILES string of the molecule is COc1cc(NC(=O)N2CCC(n3nccn3)C2)cc(OC)c1. The molecular formula is C15H19N5O3. The third-order valence-corrected chi connectivity index (χ3v) is 3.82. The number of methoxy groups -OCH3 is 2. The molecule has 122 valence electrons. The maximum atomic E-state index is 12.4. The number of carbonyl (C=O) groups is 1. The van der Waals surface area contributed by atoms with E-state index in [0.717, 1.165) is 6.42 Å². The monoisotopic (exact) mass is 317 g/mol. The van der Waals surface area contributed by atoms with Crippen molar-refractivity contribution < 1.29 is 14.3 Å². The van der Waals surface area contributed by atoms with E-state index in [-0.39, 0.29) is 12.1 Å². The van der Waals surface area contributed by atoms with Crippen molar-refractivity contribution in [1.82, 2.24) is 19.9 Å². The van der Waals surface area contributed by atoms with E-state index in [9.17, 15) is 4.79 Å². The fraction of sp³-hybridized carbons (Fsp3) is 0.400. The Kier molecular flexibility index (Phi) is 4.31. The lowest BCUT2D eigenvalue weighted by atomic mass is 10.3. The first-order valence-electron chi connectivity index (χ1n) is 7.34. The van der Waals surface area contributed by atoms with Crippen LogP contribution in [0.25, 0.3) is 0 Å². The van der Waals surface area contributed by atoms with Crippen LogP contribution in [0.5, 0.6) is 11.5 Å². The molecule has 1 N–H and O–H groups in total. The molecule has 0 radical (unpaired) electrons. The molecule has 1 saturated heterocycles. The molecule has 1 fully saturated rings. The highest BCUT2D eigenvalue weighted by Crippen LogP contribution is 2.27. The van der Waals surface area contributed by atoms with Gasteiger partial charge >= 0.3 is 6.03 Å². The summed E-state index contributed by atoms with van der Waals surface area (Å²) in [6.07, 6.45) is 4.13. The van der Waals surface area contributed by atoms with Crippen molar-refractivity contribution in [2.75, 3.05) is 32.6 Å². The van der Waals surface area contributed by atoms with Gasteiger partial charge in [0.2, 0.25) is 0 Å². The van der Waals surface area contributed by atoms with E-state index < -0.39 is 0 Å². The Bertz CT molecular complexity index is 652. The summed E-state index contributed by atoms with van der Waals surface area (Å²) in [5, 5.41) is 11.1. The van der Waals surface area contributed by atoms with E-state index >= 15 is 0 Å². The number of carbonyl (C=O) groups excluding carboxylic acids is 1.